The Balaban J connectivity index is 1.92. The van der Waals surface area contributed by atoms with E-state index < -0.39 is 0 Å². The second-order valence-electron chi connectivity index (χ2n) is 4.11. The van der Waals surface area contributed by atoms with E-state index in [2.05, 4.69) is 15.6 Å². The molecule has 5 nitrogen and oxygen atoms in total. The fraction of sp³-hybridized carbons (Fsp3) is 0.417. The molecule has 1 aliphatic carbocycles. The van der Waals surface area contributed by atoms with Crippen LogP contribution >= 0.6 is 11.3 Å². The smallest absolute Gasteiger partial charge is 0.263 e. The first-order valence-corrected chi connectivity index (χ1v) is 6.74. The molecule has 94 valence electrons. The highest BCUT2D eigenvalue weighted by Gasteiger charge is 2.19. The van der Waals surface area contributed by atoms with Crippen LogP contribution < -0.4 is 10.6 Å². The minimum absolute atomic E-state index is 0.0806. The molecule has 1 heterocycles. The summed E-state index contributed by atoms with van der Waals surface area (Å²) >= 11 is 1.41. The second kappa shape index (κ2) is 6.17. The fourth-order valence-electron chi connectivity index (χ4n) is 1.91. The highest BCUT2D eigenvalue weighted by Crippen LogP contribution is 2.18. The summed E-state index contributed by atoms with van der Waals surface area (Å²) in [6.07, 6.45) is 7.37. The number of nitriles is 1. The maximum atomic E-state index is 11.8. The molecule has 1 fully saturated rings. The number of thiazole rings is 1. The van der Waals surface area contributed by atoms with Crippen LogP contribution in [0.5, 0.6) is 0 Å². The van der Waals surface area contributed by atoms with E-state index in [1.807, 2.05) is 11.4 Å². The van der Waals surface area contributed by atoms with Crippen molar-refractivity contribution in [2.45, 2.75) is 31.7 Å². The van der Waals surface area contributed by atoms with Crippen molar-refractivity contribution in [3.05, 3.63) is 23.3 Å². The van der Waals surface area contributed by atoms with Gasteiger partial charge in [0.15, 0.2) is 5.13 Å². The zero-order valence-electron chi connectivity index (χ0n) is 9.85. The molecule has 18 heavy (non-hydrogen) atoms. The SMILES string of the molecule is N#C/C(=C/Nc1nccs1)C(=O)NC1CCCC1. The summed E-state index contributed by atoms with van der Waals surface area (Å²) < 4.78 is 0. The third-order valence-electron chi connectivity index (χ3n) is 2.83. The Hall–Kier alpha value is -1.87. The van der Waals surface area contributed by atoms with Gasteiger partial charge in [0.25, 0.3) is 5.91 Å². The number of nitrogens with zero attached hydrogens (tertiary/aromatic N) is 2. The molecule has 1 aromatic heterocycles. The van der Waals surface area contributed by atoms with Crippen LogP contribution in [0.3, 0.4) is 0 Å². The first-order valence-electron chi connectivity index (χ1n) is 5.87. The molecule has 0 unspecified atom stereocenters. The van der Waals surface area contributed by atoms with Gasteiger partial charge in [0, 0.05) is 23.8 Å². The van der Waals surface area contributed by atoms with E-state index in [4.69, 9.17) is 5.26 Å². The third-order valence-corrected chi connectivity index (χ3v) is 3.53. The normalized spacial score (nSPS) is 16.3. The van der Waals surface area contributed by atoms with Crippen molar-refractivity contribution in [2.24, 2.45) is 0 Å². The zero-order chi connectivity index (χ0) is 12.8. The quantitative estimate of drug-likeness (QED) is 0.643. The Bertz CT molecular complexity index is 469. The van der Waals surface area contributed by atoms with Gasteiger partial charge in [0.2, 0.25) is 0 Å². The van der Waals surface area contributed by atoms with Crippen LogP contribution in [0, 0.1) is 11.3 Å². The van der Waals surface area contributed by atoms with Crippen LogP contribution in [0.15, 0.2) is 23.3 Å². The summed E-state index contributed by atoms with van der Waals surface area (Å²) in [5, 5.41) is 17.2. The molecular weight excluding hydrogens is 248 g/mol. The lowest BCUT2D eigenvalue weighted by atomic mass is 10.2. The average molecular weight is 262 g/mol. The molecule has 1 amide bonds. The molecule has 1 aliphatic rings. The molecular formula is C12H14N4OS. The molecule has 0 aliphatic heterocycles. The van der Waals surface area contributed by atoms with E-state index in [9.17, 15) is 4.79 Å². The molecule has 1 aromatic rings. The summed E-state index contributed by atoms with van der Waals surface area (Å²) in [5.74, 6) is -0.312. The lowest BCUT2D eigenvalue weighted by Gasteiger charge is -2.10. The largest absolute Gasteiger partial charge is 0.349 e. The van der Waals surface area contributed by atoms with Gasteiger partial charge in [-0.1, -0.05) is 12.8 Å². The van der Waals surface area contributed by atoms with Crippen molar-refractivity contribution in [2.75, 3.05) is 5.32 Å². The van der Waals surface area contributed by atoms with Gasteiger partial charge in [-0.3, -0.25) is 4.79 Å². The first-order chi connectivity index (χ1) is 8.79. The standard InChI is InChI=1S/C12H14N4OS/c13-7-9(8-15-12-14-5-6-18-12)11(17)16-10-3-1-2-4-10/h5-6,8,10H,1-4H2,(H,14,15)(H,16,17)/b9-8-. The lowest BCUT2D eigenvalue weighted by molar-refractivity contribution is -0.117. The van der Waals surface area contributed by atoms with Gasteiger partial charge < -0.3 is 10.6 Å². The molecule has 0 saturated heterocycles. The number of hydrogen-bond acceptors (Lipinski definition) is 5. The molecule has 6 heteroatoms. The molecule has 0 aromatic carbocycles. The molecule has 2 rings (SSSR count). The Kier molecular flexibility index (Phi) is 4.31. The number of nitrogens with one attached hydrogen (secondary N) is 2. The Morgan fingerprint density at radius 1 is 1.56 bits per heavy atom. The average Bonchev–Trinajstić information content (AvgIpc) is 3.02. The van der Waals surface area contributed by atoms with Crippen molar-refractivity contribution in [1.82, 2.24) is 10.3 Å². The lowest BCUT2D eigenvalue weighted by Crippen LogP contribution is -2.33. The number of hydrogen-bond donors (Lipinski definition) is 2. The van der Waals surface area contributed by atoms with Crippen LogP contribution in [0.25, 0.3) is 0 Å². The van der Waals surface area contributed by atoms with E-state index >= 15 is 0 Å². The molecule has 0 spiro atoms. The number of aromatic nitrogens is 1. The first kappa shape index (κ1) is 12.6. The van der Waals surface area contributed by atoms with Crippen molar-refractivity contribution in [3.63, 3.8) is 0 Å². The number of carbonyl (C=O) groups is 1. The minimum Gasteiger partial charge on any atom is -0.349 e. The zero-order valence-corrected chi connectivity index (χ0v) is 10.7. The summed E-state index contributed by atoms with van der Waals surface area (Å²) in [6.45, 7) is 0. The van der Waals surface area contributed by atoms with Gasteiger partial charge in [-0.2, -0.15) is 5.26 Å². The minimum atomic E-state index is -0.312. The van der Waals surface area contributed by atoms with Crippen LogP contribution in [0.4, 0.5) is 5.13 Å². The predicted molar refractivity (Wildman–Crippen MR) is 69.8 cm³/mol. The highest BCUT2D eigenvalue weighted by atomic mass is 32.1. The molecule has 1 saturated carbocycles. The molecule has 0 radical (unpaired) electrons. The number of amides is 1. The van der Waals surface area contributed by atoms with E-state index in [0.717, 1.165) is 25.7 Å². The maximum absolute atomic E-state index is 11.8. The van der Waals surface area contributed by atoms with Crippen molar-refractivity contribution in [1.29, 1.82) is 5.26 Å². The molecule has 0 atom stereocenters. The van der Waals surface area contributed by atoms with Gasteiger partial charge >= 0.3 is 0 Å². The van der Waals surface area contributed by atoms with Gasteiger partial charge in [-0.15, -0.1) is 11.3 Å². The maximum Gasteiger partial charge on any atom is 0.263 e. The number of rotatable bonds is 4. The summed E-state index contributed by atoms with van der Waals surface area (Å²) in [6, 6.07) is 2.12. The van der Waals surface area contributed by atoms with Crippen LogP contribution in [0.1, 0.15) is 25.7 Å². The van der Waals surface area contributed by atoms with E-state index in [1.54, 1.807) is 6.20 Å². The topological polar surface area (TPSA) is 77.8 Å². The van der Waals surface area contributed by atoms with Crippen molar-refractivity contribution < 1.29 is 4.79 Å². The van der Waals surface area contributed by atoms with E-state index in [0.29, 0.717) is 5.13 Å². The third kappa shape index (κ3) is 3.31. The van der Waals surface area contributed by atoms with Crippen molar-refractivity contribution in [3.8, 4) is 6.07 Å². The predicted octanol–water partition coefficient (Wildman–Crippen LogP) is 2.02. The van der Waals surface area contributed by atoms with Crippen LogP contribution in [-0.2, 0) is 4.79 Å². The van der Waals surface area contributed by atoms with Gasteiger partial charge in [0.05, 0.1) is 0 Å². The van der Waals surface area contributed by atoms with Gasteiger partial charge in [-0.25, -0.2) is 4.98 Å². The Labute approximate surface area is 110 Å². The summed E-state index contributed by atoms with van der Waals surface area (Å²) in [5.41, 5.74) is 0.0806. The summed E-state index contributed by atoms with van der Waals surface area (Å²) in [7, 11) is 0. The molecule has 2 N–H and O–H groups in total. The second-order valence-corrected chi connectivity index (χ2v) is 5.00. The van der Waals surface area contributed by atoms with Gasteiger partial charge in [0.1, 0.15) is 11.6 Å². The summed E-state index contributed by atoms with van der Waals surface area (Å²) in [4.78, 5) is 15.8. The monoisotopic (exact) mass is 262 g/mol. The van der Waals surface area contributed by atoms with Crippen LogP contribution in [-0.4, -0.2) is 16.9 Å². The highest BCUT2D eigenvalue weighted by molar-refractivity contribution is 7.13. The number of carbonyl (C=O) groups excluding carboxylic acids is 1. The Morgan fingerprint density at radius 3 is 2.94 bits per heavy atom. The Morgan fingerprint density at radius 2 is 2.33 bits per heavy atom. The molecule has 0 bridgehead atoms. The van der Waals surface area contributed by atoms with Crippen LogP contribution in [0.2, 0.25) is 0 Å². The number of anilines is 1. The fourth-order valence-corrected chi connectivity index (χ4v) is 2.41. The van der Waals surface area contributed by atoms with E-state index in [1.165, 1.54) is 17.5 Å². The van der Waals surface area contributed by atoms with E-state index in [-0.39, 0.29) is 17.5 Å². The van der Waals surface area contributed by atoms with Gasteiger partial charge in [-0.05, 0) is 12.8 Å². The van der Waals surface area contributed by atoms with Crippen molar-refractivity contribution >= 4 is 22.4 Å².